The number of amides is 4. The van der Waals surface area contributed by atoms with Gasteiger partial charge in [0.1, 0.15) is 5.75 Å². The van der Waals surface area contributed by atoms with E-state index in [0.717, 1.165) is 11.1 Å². The Morgan fingerprint density at radius 2 is 1.97 bits per heavy atom. The number of urea groups is 1. The zero-order chi connectivity index (χ0) is 21.1. The van der Waals surface area contributed by atoms with Gasteiger partial charge in [-0.3, -0.25) is 30.0 Å². The molecule has 0 aromatic heterocycles. The van der Waals surface area contributed by atoms with Crippen molar-refractivity contribution in [2.24, 2.45) is 10.9 Å². The van der Waals surface area contributed by atoms with Gasteiger partial charge in [-0.25, -0.2) is 9.69 Å². The Bertz CT molecular complexity index is 1050. The molecular weight excluding hydrogens is 380 g/mol. The van der Waals surface area contributed by atoms with E-state index in [1.807, 2.05) is 0 Å². The van der Waals surface area contributed by atoms with Crippen molar-refractivity contribution in [3.05, 3.63) is 58.1 Å². The summed E-state index contributed by atoms with van der Waals surface area (Å²) in [5, 5.41) is 13.1. The molecule has 1 saturated heterocycles. The van der Waals surface area contributed by atoms with Crippen LogP contribution in [0.2, 0.25) is 0 Å². The number of aryl methyl sites for hydroxylation is 1. The van der Waals surface area contributed by atoms with E-state index in [-0.39, 0.29) is 17.1 Å². The van der Waals surface area contributed by atoms with Gasteiger partial charge in [-0.15, -0.1) is 0 Å². The maximum atomic E-state index is 12.8. The summed E-state index contributed by atoms with van der Waals surface area (Å²) in [4.78, 5) is 52.5. The molecule has 2 aromatic rings. The molecular formula is C19H16N4O6. The number of hydrogen-bond acceptors (Lipinski definition) is 7. The van der Waals surface area contributed by atoms with Gasteiger partial charge in [-0.05, 0) is 24.6 Å². The molecule has 0 aliphatic carbocycles. The van der Waals surface area contributed by atoms with Gasteiger partial charge in [0.2, 0.25) is 5.91 Å². The second kappa shape index (κ2) is 7.89. The number of nitrogens with one attached hydrogen (secondary N) is 1. The Labute approximate surface area is 164 Å². The summed E-state index contributed by atoms with van der Waals surface area (Å²) in [7, 11) is 1.44. The van der Waals surface area contributed by atoms with Crippen LogP contribution in [0.4, 0.5) is 21.9 Å². The van der Waals surface area contributed by atoms with Crippen molar-refractivity contribution < 1.29 is 24.0 Å². The predicted molar refractivity (Wildman–Crippen MR) is 103 cm³/mol. The molecule has 1 aliphatic heterocycles. The molecule has 10 heteroatoms. The lowest BCUT2D eigenvalue weighted by Crippen LogP contribution is -2.58. The highest BCUT2D eigenvalue weighted by molar-refractivity contribution is 6.32. The van der Waals surface area contributed by atoms with Crippen LogP contribution < -0.4 is 15.0 Å². The van der Waals surface area contributed by atoms with Crippen LogP contribution in [0.5, 0.6) is 5.75 Å². The first-order chi connectivity index (χ1) is 13.8. The second-order valence-electron chi connectivity index (χ2n) is 6.15. The molecule has 0 radical (unpaired) electrons. The third kappa shape index (κ3) is 3.95. The highest BCUT2D eigenvalue weighted by Gasteiger charge is 2.40. The van der Waals surface area contributed by atoms with Crippen LogP contribution in [-0.4, -0.2) is 36.1 Å². The first-order valence-electron chi connectivity index (χ1n) is 8.44. The molecule has 1 fully saturated rings. The minimum Gasteiger partial charge on any atom is -0.497 e. The Morgan fingerprint density at radius 1 is 1.21 bits per heavy atom. The molecule has 29 heavy (non-hydrogen) atoms. The number of nitro groups is 1. The fourth-order valence-electron chi connectivity index (χ4n) is 2.72. The summed E-state index contributed by atoms with van der Waals surface area (Å²) in [5.41, 5.74) is 0.917. The van der Waals surface area contributed by atoms with Crippen LogP contribution in [0.1, 0.15) is 5.56 Å². The van der Waals surface area contributed by atoms with Crippen molar-refractivity contribution in [2.45, 2.75) is 6.92 Å². The minimum absolute atomic E-state index is 0.171. The number of hydrogen-bond donors (Lipinski definition) is 1. The molecule has 4 amide bonds. The number of anilines is 1. The molecule has 1 atom stereocenters. The average Bonchev–Trinajstić information content (AvgIpc) is 2.68. The molecule has 0 bridgehead atoms. The summed E-state index contributed by atoms with van der Waals surface area (Å²) in [5.74, 6) is -2.57. The van der Waals surface area contributed by atoms with Crippen molar-refractivity contribution in [1.29, 1.82) is 0 Å². The Morgan fingerprint density at radius 3 is 2.66 bits per heavy atom. The maximum Gasteiger partial charge on any atom is 0.335 e. The Balaban J connectivity index is 1.93. The molecule has 1 N–H and O–H groups in total. The van der Waals surface area contributed by atoms with Crippen LogP contribution in [0.25, 0.3) is 0 Å². The van der Waals surface area contributed by atoms with Gasteiger partial charge in [-0.2, -0.15) is 0 Å². The number of barbiturate groups is 1. The summed E-state index contributed by atoms with van der Waals surface area (Å²) < 4.78 is 5.10. The van der Waals surface area contributed by atoms with Crippen LogP contribution in [0.3, 0.4) is 0 Å². The van der Waals surface area contributed by atoms with Gasteiger partial charge in [0.15, 0.2) is 5.92 Å². The molecule has 2 aromatic carbocycles. The van der Waals surface area contributed by atoms with Gasteiger partial charge in [0.25, 0.3) is 11.6 Å². The van der Waals surface area contributed by atoms with E-state index in [1.54, 1.807) is 19.1 Å². The van der Waals surface area contributed by atoms with E-state index in [1.165, 1.54) is 37.4 Å². The molecule has 1 aliphatic rings. The Kier molecular flexibility index (Phi) is 5.35. The number of benzene rings is 2. The SMILES string of the molecule is COc1cccc(N2C(=O)NC(=O)[C@H](C=Nc3cc([N+](=O)[O-])ccc3C)C2=O)c1. The van der Waals surface area contributed by atoms with Crippen LogP contribution in [0.15, 0.2) is 47.5 Å². The van der Waals surface area contributed by atoms with Crippen molar-refractivity contribution >= 4 is 41.1 Å². The van der Waals surface area contributed by atoms with Crippen molar-refractivity contribution in [3.8, 4) is 5.75 Å². The lowest BCUT2D eigenvalue weighted by molar-refractivity contribution is -0.384. The third-order valence-corrected chi connectivity index (χ3v) is 4.28. The topological polar surface area (TPSA) is 131 Å². The number of non-ortho nitro benzene ring substituents is 1. The number of nitrogens with zero attached hydrogens (tertiary/aromatic N) is 3. The molecule has 0 saturated carbocycles. The molecule has 0 unspecified atom stereocenters. The normalized spacial score (nSPS) is 16.8. The van der Waals surface area contributed by atoms with E-state index in [9.17, 15) is 24.5 Å². The van der Waals surface area contributed by atoms with E-state index in [0.29, 0.717) is 11.3 Å². The van der Waals surface area contributed by atoms with E-state index < -0.39 is 28.7 Å². The summed E-state index contributed by atoms with van der Waals surface area (Å²) >= 11 is 0. The lowest BCUT2D eigenvalue weighted by atomic mass is 10.1. The third-order valence-electron chi connectivity index (χ3n) is 4.28. The molecule has 1 heterocycles. The summed E-state index contributed by atoms with van der Waals surface area (Å²) in [6, 6.07) is 9.44. The first-order valence-corrected chi connectivity index (χ1v) is 8.44. The molecule has 3 rings (SSSR count). The maximum absolute atomic E-state index is 12.8. The number of aliphatic imine (C=N–C) groups is 1. The van der Waals surface area contributed by atoms with E-state index in [2.05, 4.69) is 10.3 Å². The highest BCUT2D eigenvalue weighted by Crippen LogP contribution is 2.27. The van der Waals surface area contributed by atoms with Crippen molar-refractivity contribution in [1.82, 2.24) is 5.32 Å². The number of rotatable bonds is 5. The fraction of sp³-hybridized carbons (Fsp3) is 0.158. The monoisotopic (exact) mass is 396 g/mol. The Hall–Kier alpha value is -4.08. The van der Waals surface area contributed by atoms with Crippen LogP contribution in [-0.2, 0) is 9.59 Å². The van der Waals surface area contributed by atoms with Gasteiger partial charge in [0, 0.05) is 24.4 Å². The second-order valence-corrected chi connectivity index (χ2v) is 6.15. The van der Waals surface area contributed by atoms with E-state index in [4.69, 9.17) is 4.74 Å². The van der Waals surface area contributed by atoms with Crippen LogP contribution >= 0.6 is 0 Å². The largest absolute Gasteiger partial charge is 0.497 e. The molecule has 148 valence electrons. The van der Waals surface area contributed by atoms with Gasteiger partial charge in [-0.1, -0.05) is 12.1 Å². The quantitative estimate of drug-likeness (QED) is 0.357. The zero-order valence-electron chi connectivity index (χ0n) is 15.5. The number of methoxy groups -OCH3 is 1. The zero-order valence-corrected chi connectivity index (χ0v) is 15.5. The van der Waals surface area contributed by atoms with Crippen molar-refractivity contribution in [3.63, 3.8) is 0 Å². The summed E-state index contributed by atoms with van der Waals surface area (Å²) in [6.45, 7) is 1.69. The smallest absolute Gasteiger partial charge is 0.335 e. The first kappa shape index (κ1) is 19.7. The standard InChI is InChI=1S/C19H16N4O6/c1-11-6-7-13(23(27)28)9-16(11)20-10-15-17(24)21-19(26)22(18(15)25)12-4-3-5-14(8-12)29-2/h3-10,15H,1-2H3,(H,21,24,26)/t15-/m0/s1. The van der Waals surface area contributed by atoms with Crippen LogP contribution in [0, 0.1) is 23.0 Å². The van der Waals surface area contributed by atoms with Gasteiger partial charge >= 0.3 is 6.03 Å². The molecule has 0 spiro atoms. The molecule has 10 nitrogen and oxygen atoms in total. The number of imide groups is 2. The number of carbonyl (C=O) groups excluding carboxylic acids is 3. The fourth-order valence-corrected chi connectivity index (χ4v) is 2.72. The summed E-state index contributed by atoms with van der Waals surface area (Å²) in [6.07, 6.45) is 1.07. The number of carbonyl (C=O) groups is 3. The highest BCUT2D eigenvalue weighted by atomic mass is 16.6. The number of nitro benzene ring substituents is 1. The van der Waals surface area contributed by atoms with Crippen molar-refractivity contribution in [2.75, 3.05) is 12.0 Å². The minimum atomic E-state index is -1.38. The van der Waals surface area contributed by atoms with E-state index >= 15 is 0 Å². The van der Waals surface area contributed by atoms with Gasteiger partial charge in [0.05, 0.1) is 23.4 Å². The van der Waals surface area contributed by atoms with Gasteiger partial charge < -0.3 is 4.74 Å². The number of ether oxygens (including phenoxy) is 1. The average molecular weight is 396 g/mol. The predicted octanol–water partition coefficient (Wildman–Crippen LogP) is 2.51. The lowest BCUT2D eigenvalue weighted by Gasteiger charge is -2.28.